The standard InChI is InChI=1S/C16H29/c1-3-5-7-9-11-13-15-16-14-12-10-8-6-4-2/h4,6,11,13H,1,3,5,7-10,12,14-16H2,2H3. The Morgan fingerprint density at radius 1 is 0.688 bits per heavy atom. The van der Waals surface area contributed by atoms with Crippen LogP contribution in [-0.4, -0.2) is 0 Å². The Labute approximate surface area is 103 Å². The lowest BCUT2D eigenvalue weighted by atomic mass is 10.1. The Bertz CT molecular complexity index is 165. The van der Waals surface area contributed by atoms with Crippen LogP contribution < -0.4 is 0 Å². The Morgan fingerprint density at radius 3 is 1.69 bits per heavy atom. The first-order valence-electron chi connectivity index (χ1n) is 6.97. The van der Waals surface area contributed by atoms with Gasteiger partial charge < -0.3 is 0 Å². The van der Waals surface area contributed by atoms with Gasteiger partial charge >= 0.3 is 0 Å². The summed E-state index contributed by atoms with van der Waals surface area (Å²) in [5, 5.41) is 0. The summed E-state index contributed by atoms with van der Waals surface area (Å²) < 4.78 is 0. The number of hydrogen-bond acceptors (Lipinski definition) is 0. The summed E-state index contributed by atoms with van der Waals surface area (Å²) in [5.41, 5.74) is 0. The van der Waals surface area contributed by atoms with Gasteiger partial charge in [0.05, 0.1) is 0 Å². The normalized spacial score (nSPS) is 11.9. The highest BCUT2D eigenvalue weighted by molar-refractivity contribution is 4.81. The van der Waals surface area contributed by atoms with E-state index in [-0.39, 0.29) is 0 Å². The molecule has 0 rings (SSSR count). The van der Waals surface area contributed by atoms with Crippen molar-refractivity contribution in [1.82, 2.24) is 0 Å². The monoisotopic (exact) mass is 221 g/mol. The highest BCUT2D eigenvalue weighted by Gasteiger charge is 1.87. The van der Waals surface area contributed by atoms with Crippen LogP contribution in [0, 0.1) is 6.92 Å². The third-order valence-corrected chi connectivity index (χ3v) is 2.76. The van der Waals surface area contributed by atoms with Gasteiger partial charge in [0, 0.05) is 0 Å². The SMILES string of the molecule is [CH2]CCCCC=CCCCCCCC=CC. The zero-order valence-electron chi connectivity index (χ0n) is 11.1. The molecule has 0 aromatic carbocycles. The van der Waals surface area contributed by atoms with Crippen molar-refractivity contribution < 1.29 is 0 Å². The molecule has 0 heteroatoms. The molecule has 0 aliphatic rings. The quantitative estimate of drug-likeness (QED) is 0.303. The molecule has 0 saturated heterocycles. The lowest BCUT2D eigenvalue weighted by Gasteiger charge is -1.97. The first kappa shape index (κ1) is 15.5. The van der Waals surface area contributed by atoms with E-state index in [0.29, 0.717) is 0 Å². The van der Waals surface area contributed by atoms with E-state index >= 15 is 0 Å². The van der Waals surface area contributed by atoms with Gasteiger partial charge in [-0.15, -0.1) is 0 Å². The second kappa shape index (κ2) is 14.5. The van der Waals surface area contributed by atoms with E-state index in [0.717, 1.165) is 6.42 Å². The third-order valence-electron chi connectivity index (χ3n) is 2.76. The molecule has 0 atom stereocenters. The molecule has 0 bridgehead atoms. The maximum Gasteiger partial charge on any atom is -0.0351 e. The lowest BCUT2D eigenvalue weighted by Crippen LogP contribution is -1.77. The van der Waals surface area contributed by atoms with E-state index < -0.39 is 0 Å². The van der Waals surface area contributed by atoms with Gasteiger partial charge in [-0.3, -0.25) is 0 Å². The second-order valence-electron chi connectivity index (χ2n) is 4.38. The van der Waals surface area contributed by atoms with Gasteiger partial charge in [-0.25, -0.2) is 0 Å². The first-order chi connectivity index (χ1) is 7.91. The van der Waals surface area contributed by atoms with E-state index in [1.807, 2.05) is 0 Å². The van der Waals surface area contributed by atoms with Crippen molar-refractivity contribution >= 4 is 0 Å². The minimum absolute atomic E-state index is 1.08. The van der Waals surface area contributed by atoms with Crippen LogP contribution >= 0.6 is 0 Å². The maximum absolute atomic E-state index is 3.85. The summed E-state index contributed by atoms with van der Waals surface area (Å²) in [5.74, 6) is 0. The molecule has 0 unspecified atom stereocenters. The van der Waals surface area contributed by atoms with Crippen LogP contribution in [0.3, 0.4) is 0 Å². The molecule has 16 heavy (non-hydrogen) atoms. The zero-order chi connectivity index (χ0) is 11.9. The molecule has 0 heterocycles. The molecule has 0 nitrogen and oxygen atoms in total. The van der Waals surface area contributed by atoms with Crippen LogP contribution in [0.25, 0.3) is 0 Å². The van der Waals surface area contributed by atoms with Crippen molar-refractivity contribution in [2.24, 2.45) is 0 Å². The van der Waals surface area contributed by atoms with Gasteiger partial charge in [0.1, 0.15) is 0 Å². The van der Waals surface area contributed by atoms with Crippen molar-refractivity contribution in [2.75, 3.05) is 0 Å². The number of unbranched alkanes of at least 4 members (excludes halogenated alkanes) is 8. The van der Waals surface area contributed by atoms with E-state index in [2.05, 4.69) is 38.2 Å². The van der Waals surface area contributed by atoms with Crippen molar-refractivity contribution in [1.29, 1.82) is 0 Å². The van der Waals surface area contributed by atoms with E-state index in [9.17, 15) is 0 Å². The van der Waals surface area contributed by atoms with E-state index in [1.165, 1.54) is 57.8 Å². The van der Waals surface area contributed by atoms with Gasteiger partial charge in [0.2, 0.25) is 0 Å². The van der Waals surface area contributed by atoms with Crippen molar-refractivity contribution in [3.05, 3.63) is 31.2 Å². The minimum Gasteiger partial charge on any atom is -0.0917 e. The molecular weight excluding hydrogens is 192 g/mol. The van der Waals surface area contributed by atoms with E-state index in [4.69, 9.17) is 0 Å². The smallest absolute Gasteiger partial charge is 0.0351 e. The average Bonchev–Trinajstić information content (AvgIpc) is 2.31. The Morgan fingerprint density at radius 2 is 1.19 bits per heavy atom. The first-order valence-corrected chi connectivity index (χ1v) is 6.97. The highest BCUT2D eigenvalue weighted by Crippen LogP contribution is 2.07. The molecule has 0 N–H and O–H groups in total. The van der Waals surface area contributed by atoms with Crippen LogP contribution in [-0.2, 0) is 0 Å². The maximum atomic E-state index is 3.85. The predicted octanol–water partition coefficient (Wildman–Crippen LogP) is 5.85. The molecule has 0 aromatic heterocycles. The fourth-order valence-corrected chi connectivity index (χ4v) is 1.72. The molecule has 0 fully saturated rings. The van der Waals surface area contributed by atoms with Crippen LogP contribution in [0.1, 0.15) is 71.1 Å². The van der Waals surface area contributed by atoms with Crippen LogP contribution in [0.4, 0.5) is 0 Å². The fourth-order valence-electron chi connectivity index (χ4n) is 1.72. The van der Waals surface area contributed by atoms with Crippen molar-refractivity contribution in [3.63, 3.8) is 0 Å². The second-order valence-corrected chi connectivity index (χ2v) is 4.38. The van der Waals surface area contributed by atoms with Gasteiger partial charge in [0.15, 0.2) is 0 Å². The molecule has 0 aliphatic carbocycles. The summed E-state index contributed by atoms with van der Waals surface area (Å²) >= 11 is 0. The molecule has 0 aromatic rings. The number of hydrogen-bond donors (Lipinski definition) is 0. The minimum atomic E-state index is 1.08. The summed E-state index contributed by atoms with van der Waals surface area (Å²) in [7, 11) is 0. The van der Waals surface area contributed by atoms with Crippen LogP contribution in [0.5, 0.6) is 0 Å². The zero-order valence-corrected chi connectivity index (χ0v) is 11.1. The average molecular weight is 221 g/mol. The molecular formula is C16H29. The number of rotatable bonds is 11. The van der Waals surface area contributed by atoms with Crippen LogP contribution in [0.15, 0.2) is 24.3 Å². The molecule has 0 spiro atoms. The molecule has 93 valence electrons. The fraction of sp³-hybridized carbons (Fsp3) is 0.688. The molecule has 1 radical (unpaired) electrons. The molecule has 0 amide bonds. The van der Waals surface area contributed by atoms with Gasteiger partial charge in [-0.05, 0) is 45.4 Å². The Balaban J connectivity index is 3.02. The Kier molecular flexibility index (Phi) is 14.0. The van der Waals surface area contributed by atoms with Crippen molar-refractivity contribution in [2.45, 2.75) is 71.1 Å². The number of allylic oxidation sites excluding steroid dienone is 4. The summed E-state index contributed by atoms with van der Waals surface area (Å²) in [6.07, 6.45) is 22.1. The summed E-state index contributed by atoms with van der Waals surface area (Å²) in [6, 6.07) is 0. The van der Waals surface area contributed by atoms with Crippen LogP contribution in [0.2, 0.25) is 0 Å². The van der Waals surface area contributed by atoms with Gasteiger partial charge in [0.25, 0.3) is 0 Å². The topological polar surface area (TPSA) is 0 Å². The van der Waals surface area contributed by atoms with E-state index in [1.54, 1.807) is 0 Å². The van der Waals surface area contributed by atoms with Gasteiger partial charge in [-0.2, -0.15) is 0 Å². The van der Waals surface area contributed by atoms with Crippen molar-refractivity contribution in [3.8, 4) is 0 Å². The third kappa shape index (κ3) is 13.5. The highest BCUT2D eigenvalue weighted by atomic mass is 13.9. The van der Waals surface area contributed by atoms with Gasteiger partial charge in [-0.1, -0.05) is 56.9 Å². The molecule has 0 saturated carbocycles. The Hall–Kier alpha value is -0.520. The molecule has 0 aliphatic heterocycles. The predicted molar refractivity (Wildman–Crippen MR) is 75.5 cm³/mol. The summed E-state index contributed by atoms with van der Waals surface area (Å²) in [4.78, 5) is 0. The largest absolute Gasteiger partial charge is 0.0917 e. The lowest BCUT2D eigenvalue weighted by molar-refractivity contribution is 0.651. The summed E-state index contributed by atoms with van der Waals surface area (Å²) in [6.45, 7) is 5.94.